The topological polar surface area (TPSA) is 46.2 Å². The Kier molecular flexibility index (Phi) is 2.16. The Labute approximate surface area is 80.5 Å². The van der Waals surface area contributed by atoms with Gasteiger partial charge in [-0.25, -0.2) is 0 Å². The van der Waals surface area contributed by atoms with Gasteiger partial charge in [-0.05, 0) is 50.4 Å². The molecule has 13 heavy (non-hydrogen) atoms. The number of hydrogen-bond donors (Lipinski definition) is 2. The van der Waals surface area contributed by atoms with Gasteiger partial charge in [0.15, 0.2) is 0 Å². The lowest BCUT2D eigenvalue weighted by Crippen LogP contribution is -2.50. The number of aliphatic hydroxyl groups is 1. The Morgan fingerprint density at radius 3 is 2.69 bits per heavy atom. The van der Waals surface area contributed by atoms with Crippen LogP contribution in [0.15, 0.2) is 0 Å². The lowest BCUT2D eigenvalue weighted by molar-refractivity contribution is -0.0528. The van der Waals surface area contributed by atoms with Crippen molar-refractivity contribution in [2.75, 3.05) is 0 Å². The molecule has 2 saturated carbocycles. The van der Waals surface area contributed by atoms with Gasteiger partial charge < -0.3 is 10.8 Å². The summed E-state index contributed by atoms with van der Waals surface area (Å²) in [6.07, 6.45) is 4.37. The van der Waals surface area contributed by atoms with Crippen LogP contribution in [0.1, 0.15) is 39.5 Å². The number of rotatable bonds is 0. The summed E-state index contributed by atoms with van der Waals surface area (Å²) in [5, 5.41) is 10.0. The molecule has 0 saturated heterocycles. The van der Waals surface area contributed by atoms with Crippen molar-refractivity contribution in [3.8, 4) is 0 Å². The molecule has 2 rings (SSSR count). The summed E-state index contributed by atoms with van der Waals surface area (Å²) in [7, 11) is 0. The lowest BCUT2D eigenvalue weighted by atomic mass is 9.62. The molecule has 0 aromatic rings. The van der Waals surface area contributed by atoms with Crippen molar-refractivity contribution in [1.82, 2.24) is 0 Å². The van der Waals surface area contributed by atoms with Gasteiger partial charge in [0.25, 0.3) is 0 Å². The van der Waals surface area contributed by atoms with Crippen LogP contribution in [0, 0.1) is 17.8 Å². The first-order chi connectivity index (χ1) is 5.98. The van der Waals surface area contributed by atoms with Gasteiger partial charge in [-0.15, -0.1) is 0 Å². The van der Waals surface area contributed by atoms with E-state index in [1.807, 2.05) is 6.92 Å². The van der Waals surface area contributed by atoms with Crippen LogP contribution in [0.4, 0.5) is 0 Å². The first kappa shape index (κ1) is 9.47. The first-order valence-corrected chi connectivity index (χ1v) is 5.46. The normalized spacial score (nSPS) is 56.3. The van der Waals surface area contributed by atoms with E-state index in [1.54, 1.807) is 0 Å². The third kappa shape index (κ3) is 1.75. The molecule has 2 aliphatic carbocycles. The summed E-state index contributed by atoms with van der Waals surface area (Å²) in [4.78, 5) is 0. The van der Waals surface area contributed by atoms with Crippen LogP contribution in [0.25, 0.3) is 0 Å². The predicted molar refractivity (Wildman–Crippen MR) is 53.2 cm³/mol. The van der Waals surface area contributed by atoms with Crippen molar-refractivity contribution < 1.29 is 5.11 Å². The second-order valence-corrected chi connectivity index (χ2v) is 5.56. The van der Waals surface area contributed by atoms with Crippen LogP contribution in [0.5, 0.6) is 0 Å². The first-order valence-electron chi connectivity index (χ1n) is 5.46. The van der Waals surface area contributed by atoms with E-state index >= 15 is 0 Å². The summed E-state index contributed by atoms with van der Waals surface area (Å²) in [6.45, 7) is 4.22. The van der Waals surface area contributed by atoms with E-state index < -0.39 is 5.60 Å². The zero-order chi connectivity index (χ0) is 9.64. The van der Waals surface area contributed by atoms with E-state index in [0.717, 1.165) is 18.8 Å². The van der Waals surface area contributed by atoms with E-state index in [4.69, 9.17) is 5.73 Å². The van der Waals surface area contributed by atoms with Crippen LogP contribution >= 0.6 is 0 Å². The quantitative estimate of drug-likeness (QED) is 0.598. The highest BCUT2D eigenvalue weighted by atomic mass is 16.3. The molecule has 3 N–H and O–H groups in total. The van der Waals surface area contributed by atoms with Gasteiger partial charge >= 0.3 is 0 Å². The maximum absolute atomic E-state index is 10.0. The molecule has 76 valence electrons. The van der Waals surface area contributed by atoms with Crippen LogP contribution < -0.4 is 5.73 Å². The molecule has 5 atom stereocenters. The second kappa shape index (κ2) is 2.96. The molecular weight excluding hydrogens is 162 g/mol. The maximum atomic E-state index is 10.0. The molecule has 2 heteroatoms. The van der Waals surface area contributed by atoms with E-state index in [0.29, 0.717) is 17.9 Å². The Morgan fingerprint density at radius 2 is 2.00 bits per heavy atom. The fourth-order valence-corrected chi connectivity index (χ4v) is 3.49. The second-order valence-electron chi connectivity index (χ2n) is 5.56. The average molecular weight is 183 g/mol. The SMILES string of the molecule is CC1CC2CC(CC(C)(O)C2)C1N. The average Bonchev–Trinajstić information content (AvgIpc) is 1.97. The van der Waals surface area contributed by atoms with E-state index in [1.165, 1.54) is 12.8 Å². The van der Waals surface area contributed by atoms with Gasteiger partial charge in [0.1, 0.15) is 0 Å². The minimum Gasteiger partial charge on any atom is -0.390 e. The zero-order valence-corrected chi connectivity index (χ0v) is 8.66. The lowest BCUT2D eigenvalue weighted by Gasteiger charge is -2.48. The highest BCUT2D eigenvalue weighted by molar-refractivity contribution is 4.96. The fourth-order valence-electron chi connectivity index (χ4n) is 3.49. The van der Waals surface area contributed by atoms with Gasteiger partial charge in [-0.2, -0.15) is 0 Å². The molecule has 2 bridgehead atoms. The largest absolute Gasteiger partial charge is 0.390 e. The van der Waals surface area contributed by atoms with Crippen molar-refractivity contribution in [3.63, 3.8) is 0 Å². The van der Waals surface area contributed by atoms with E-state index in [9.17, 15) is 5.11 Å². The van der Waals surface area contributed by atoms with Crippen molar-refractivity contribution in [3.05, 3.63) is 0 Å². The Hall–Kier alpha value is -0.0800. The Morgan fingerprint density at radius 1 is 1.31 bits per heavy atom. The van der Waals surface area contributed by atoms with Crippen molar-refractivity contribution in [1.29, 1.82) is 0 Å². The molecule has 0 spiro atoms. The maximum Gasteiger partial charge on any atom is 0.0625 e. The third-order valence-corrected chi connectivity index (χ3v) is 3.97. The van der Waals surface area contributed by atoms with E-state index in [-0.39, 0.29) is 0 Å². The molecular formula is C11H21NO. The van der Waals surface area contributed by atoms with Crippen LogP contribution in [-0.4, -0.2) is 16.7 Å². The van der Waals surface area contributed by atoms with Gasteiger partial charge in [0.2, 0.25) is 0 Å². The van der Waals surface area contributed by atoms with Gasteiger partial charge in [-0.1, -0.05) is 6.92 Å². The Balaban J connectivity index is 2.12. The van der Waals surface area contributed by atoms with Crippen LogP contribution in [0.2, 0.25) is 0 Å². The van der Waals surface area contributed by atoms with Crippen molar-refractivity contribution >= 4 is 0 Å². The molecule has 0 heterocycles. The minimum absolute atomic E-state index is 0.322. The third-order valence-electron chi connectivity index (χ3n) is 3.97. The molecule has 0 amide bonds. The molecule has 0 aromatic carbocycles. The number of nitrogens with two attached hydrogens (primary N) is 1. The summed E-state index contributed by atoms with van der Waals surface area (Å²) in [6, 6.07) is 0.322. The summed E-state index contributed by atoms with van der Waals surface area (Å²) in [5.74, 6) is 1.95. The van der Waals surface area contributed by atoms with Crippen LogP contribution in [0.3, 0.4) is 0 Å². The van der Waals surface area contributed by atoms with Gasteiger partial charge in [0.05, 0.1) is 5.60 Å². The Bertz CT molecular complexity index is 200. The van der Waals surface area contributed by atoms with Gasteiger partial charge in [-0.3, -0.25) is 0 Å². The molecule has 2 fully saturated rings. The molecule has 0 aliphatic heterocycles. The summed E-state index contributed by atoms with van der Waals surface area (Å²) < 4.78 is 0. The smallest absolute Gasteiger partial charge is 0.0625 e. The predicted octanol–water partition coefficient (Wildman–Crippen LogP) is 1.52. The number of hydrogen-bond acceptors (Lipinski definition) is 2. The van der Waals surface area contributed by atoms with E-state index in [2.05, 4.69) is 6.92 Å². The van der Waals surface area contributed by atoms with Crippen LogP contribution in [-0.2, 0) is 0 Å². The molecule has 5 unspecified atom stereocenters. The number of fused-ring (bicyclic) bond motifs is 2. The van der Waals surface area contributed by atoms with Crippen molar-refractivity contribution in [2.45, 2.75) is 51.2 Å². The molecule has 2 nitrogen and oxygen atoms in total. The minimum atomic E-state index is -0.439. The monoisotopic (exact) mass is 183 g/mol. The summed E-state index contributed by atoms with van der Waals surface area (Å²) in [5.41, 5.74) is 5.70. The fraction of sp³-hybridized carbons (Fsp3) is 1.00. The molecule has 0 aromatic heterocycles. The summed E-state index contributed by atoms with van der Waals surface area (Å²) >= 11 is 0. The zero-order valence-electron chi connectivity index (χ0n) is 8.66. The molecule has 2 aliphatic rings. The standard InChI is InChI=1S/C11H21NO/c1-7-3-8-4-9(10(7)12)6-11(2,13)5-8/h7-10,13H,3-6,12H2,1-2H3. The van der Waals surface area contributed by atoms with Gasteiger partial charge in [0, 0.05) is 6.04 Å². The highest BCUT2D eigenvalue weighted by Gasteiger charge is 2.43. The van der Waals surface area contributed by atoms with Crippen molar-refractivity contribution in [2.24, 2.45) is 23.5 Å². The highest BCUT2D eigenvalue weighted by Crippen LogP contribution is 2.45. The molecule has 0 radical (unpaired) electrons.